The molecule has 5 rings (SSSR count). The van der Waals surface area contributed by atoms with Gasteiger partial charge >= 0.3 is 0 Å². The third-order valence-corrected chi connectivity index (χ3v) is 10.5. The number of aromatic nitrogens is 1. The van der Waals surface area contributed by atoms with E-state index in [-0.39, 0.29) is 0 Å². The summed E-state index contributed by atoms with van der Waals surface area (Å²) in [5, 5.41) is 4.16. The molecule has 4 heteroatoms. The second kappa shape index (κ2) is 9.65. The molecule has 1 aliphatic rings. The summed E-state index contributed by atoms with van der Waals surface area (Å²) in [6, 6.07) is 39.5. The van der Waals surface area contributed by atoms with Crippen molar-refractivity contribution in [3.05, 3.63) is 115 Å². The predicted molar refractivity (Wildman–Crippen MR) is 136 cm³/mol. The van der Waals surface area contributed by atoms with Crippen LogP contribution in [0.5, 0.6) is 0 Å². The van der Waals surface area contributed by atoms with Crippen molar-refractivity contribution in [3.63, 3.8) is 0 Å². The molecular formula is C28H28N2OP+. The highest BCUT2D eigenvalue weighted by Crippen LogP contribution is 2.57. The second-order valence-electron chi connectivity index (χ2n) is 8.06. The minimum atomic E-state index is -1.94. The van der Waals surface area contributed by atoms with Crippen LogP contribution in [0.4, 0.5) is 5.82 Å². The van der Waals surface area contributed by atoms with Crippen LogP contribution < -0.4 is 20.8 Å². The largest absolute Gasteiger partial charge is 0.378 e. The monoisotopic (exact) mass is 439 g/mol. The van der Waals surface area contributed by atoms with Gasteiger partial charge < -0.3 is 9.64 Å². The maximum absolute atomic E-state index is 5.54. The number of ether oxygens (including phenoxy) is 1. The summed E-state index contributed by atoms with van der Waals surface area (Å²) >= 11 is 0. The fourth-order valence-corrected chi connectivity index (χ4v) is 8.68. The van der Waals surface area contributed by atoms with Crippen LogP contribution in [0.1, 0.15) is 5.69 Å². The molecule has 160 valence electrons. The molecule has 3 nitrogen and oxygen atoms in total. The number of morpholine rings is 1. The van der Waals surface area contributed by atoms with Gasteiger partial charge in [-0.3, -0.25) is 0 Å². The summed E-state index contributed by atoms with van der Waals surface area (Å²) in [5.41, 5.74) is 1.14. The summed E-state index contributed by atoms with van der Waals surface area (Å²) < 4.78 is 5.54. The van der Waals surface area contributed by atoms with Crippen LogP contribution in [-0.4, -0.2) is 31.3 Å². The van der Waals surface area contributed by atoms with E-state index >= 15 is 0 Å². The van der Waals surface area contributed by atoms with Crippen molar-refractivity contribution < 1.29 is 4.74 Å². The van der Waals surface area contributed by atoms with E-state index in [4.69, 9.17) is 9.72 Å². The molecule has 0 atom stereocenters. The second-order valence-corrected chi connectivity index (χ2v) is 11.5. The molecule has 0 spiro atoms. The van der Waals surface area contributed by atoms with Crippen LogP contribution in [0, 0.1) is 0 Å². The molecule has 0 aliphatic carbocycles. The zero-order valence-electron chi connectivity index (χ0n) is 18.2. The van der Waals surface area contributed by atoms with Crippen LogP contribution in [0.3, 0.4) is 0 Å². The van der Waals surface area contributed by atoms with Gasteiger partial charge in [-0.1, -0.05) is 60.7 Å². The third-order valence-electron chi connectivity index (χ3n) is 6.12. The zero-order chi connectivity index (χ0) is 21.6. The lowest BCUT2D eigenvalue weighted by Gasteiger charge is -2.29. The Morgan fingerprint density at radius 1 is 0.625 bits per heavy atom. The number of nitrogens with zero attached hydrogens (tertiary/aromatic N) is 2. The van der Waals surface area contributed by atoms with E-state index in [1.165, 1.54) is 15.9 Å². The first-order valence-corrected chi connectivity index (χ1v) is 13.2. The molecular weight excluding hydrogens is 411 g/mol. The number of anilines is 1. The average molecular weight is 440 g/mol. The van der Waals surface area contributed by atoms with Crippen molar-refractivity contribution in [2.45, 2.75) is 6.16 Å². The van der Waals surface area contributed by atoms with Gasteiger partial charge in [0.05, 0.1) is 18.9 Å². The first-order valence-electron chi connectivity index (χ1n) is 11.2. The predicted octanol–water partition coefficient (Wildman–Crippen LogP) is 4.41. The SMILES string of the molecule is c1ccc([P+](Cc2cccc(N3CCOCC3)n2)(c2ccccc2)c2ccccc2)cc1. The molecule has 0 saturated carbocycles. The lowest BCUT2D eigenvalue weighted by atomic mass is 10.3. The topological polar surface area (TPSA) is 25.4 Å². The Kier molecular flexibility index (Phi) is 6.29. The van der Waals surface area contributed by atoms with E-state index in [9.17, 15) is 0 Å². The van der Waals surface area contributed by atoms with Crippen molar-refractivity contribution in [2.24, 2.45) is 0 Å². The highest BCUT2D eigenvalue weighted by Gasteiger charge is 2.45. The number of hydrogen-bond donors (Lipinski definition) is 0. The van der Waals surface area contributed by atoms with Gasteiger partial charge in [0.1, 0.15) is 35.2 Å². The normalized spacial score (nSPS) is 14.3. The van der Waals surface area contributed by atoms with E-state index in [1.54, 1.807) is 0 Å². The van der Waals surface area contributed by atoms with Crippen LogP contribution in [0.25, 0.3) is 0 Å². The van der Waals surface area contributed by atoms with Gasteiger partial charge in [-0.15, -0.1) is 0 Å². The molecule has 0 radical (unpaired) electrons. The van der Waals surface area contributed by atoms with Crippen LogP contribution in [0.2, 0.25) is 0 Å². The van der Waals surface area contributed by atoms with Crippen LogP contribution in [0.15, 0.2) is 109 Å². The van der Waals surface area contributed by atoms with Gasteiger partial charge in [0.2, 0.25) is 0 Å². The van der Waals surface area contributed by atoms with Crippen molar-refractivity contribution in [1.82, 2.24) is 4.98 Å². The van der Waals surface area contributed by atoms with Gasteiger partial charge in [-0.2, -0.15) is 0 Å². The molecule has 0 N–H and O–H groups in total. The van der Waals surface area contributed by atoms with Crippen LogP contribution >= 0.6 is 7.26 Å². The molecule has 0 amide bonds. The Balaban J connectivity index is 1.65. The summed E-state index contributed by atoms with van der Waals surface area (Å²) in [7, 11) is -1.94. The number of hydrogen-bond acceptors (Lipinski definition) is 3. The summed E-state index contributed by atoms with van der Waals surface area (Å²) in [4.78, 5) is 7.49. The lowest BCUT2D eigenvalue weighted by molar-refractivity contribution is 0.122. The Labute approximate surface area is 191 Å². The number of pyridine rings is 1. The summed E-state index contributed by atoms with van der Waals surface area (Å²) in [6.45, 7) is 3.32. The van der Waals surface area contributed by atoms with Gasteiger partial charge in [-0.25, -0.2) is 4.98 Å². The molecule has 2 heterocycles. The van der Waals surface area contributed by atoms with Gasteiger partial charge in [0.15, 0.2) is 0 Å². The average Bonchev–Trinajstić information content (AvgIpc) is 2.89. The highest BCUT2D eigenvalue weighted by atomic mass is 31.2. The summed E-state index contributed by atoms with van der Waals surface area (Å²) in [6.07, 6.45) is 0.892. The molecule has 1 aliphatic heterocycles. The van der Waals surface area contributed by atoms with Crippen molar-refractivity contribution >= 4 is 29.0 Å². The van der Waals surface area contributed by atoms with Crippen molar-refractivity contribution in [1.29, 1.82) is 0 Å². The maximum atomic E-state index is 5.54. The van der Waals surface area contributed by atoms with Crippen molar-refractivity contribution in [2.75, 3.05) is 31.2 Å². The fraction of sp³-hybridized carbons (Fsp3) is 0.179. The molecule has 1 fully saturated rings. The molecule has 1 saturated heterocycles. The lowest BCUT2D eigenvalue weighted by Crippen LogP contribution is -2.37. The Morgan fingerprint density at radius 3 is 1.62 bits per heavy atom. The van der Waals surface area contributed by atoms with Gasteiger partial charge in [0.25, 0.3) is 0 Å². The first kappa shape index (κ1) is 20.9. The smallest absolute Gasteiger partial charge is 0.129 e. The van der Waals surface area contributed by atoms with Crippen molar-refractivity contribution in [3.8, 4) is 0 Å². The van der Waals surface area contributed by atoms with E-state index in [2.05, 4.69) is 114 Å². The van der Waals surface area contributed by atoms with Gasteiger partial charge in [0, 0.05) is 13.1 Å². The highest BCUT2D eigenvalue weighted by molar-refractivity contribution is 7.95. The number of rotatable bonds is 6. The minimum Gasteiger partial charge on any atom is -0.378 e. The van der Waals surface area contributed by atoms with Gasteiger partial charge in [-0.05, 0) is 48.5 Å². The summed E-state index contributed by atoms with van der Waals surface area (Å²) in [5.74, 6) is 1.05. The molecule has 1 aromatic heterocycles. The maximum Gasteiger partial charge on any atom is 0.129 e. The fourth-order valence-electron chi connectivity index (χ4n) is 4.54. The molecule has 0 bridgehead atoms. The van der Waals surface area contributed by atoms with E-state index in [1.807, 2.05) is 0 Å². The van der Waals surface area contributed by atoms with E-state index < -0.39 is 7.26 Å². The Bertz CT molecular complexity index is 1030. The zero-order valence-corrected chi connectivity index (χ0v) is 19.1. The third kappa shape index (κ3) is 4.19. The first-order chi connectivity index (χ1) is 15.9. The minimum absolute atomic E-state index is 0.765. The van der Waals surface area contributed by atoms with E-state index in [0.717, 1.165) is 44.0 Å². The standard InChI is InChI=1S/C28H28N2OP/c1-4-12-25(13-5-1)32(26-14-6-2-7-15-26,27-16-8-3-9-17-27)23-24-11-10-18-28(29-24)30-19-21-31-22-20-30/h1-18H,19-23H2/q+1. The molecule has 4 aromatic rings. The molecule has 32 heavy (non-hydrogen) atoms. The Hall–Kier alpha value is -3.00. The van der Waals surface area contributed by atoms with E-state index in [0.29, 0.717) is 0 Å². The quantitative estimate of drug-likeness (QED) is 0.416. The molecule has 0 unspecified atom stereocenters. The molecule has 3 aromatic carbocycles. The Morgan fingerprint density at radius 2 is 1.12 bits per heavy atom. The van der Waals surface area contributed by atoms with Crippen LogP contribution in [-0.2, 0) is 10.9 Å². The number of benzene rings is 3.